The molecular weight excluding hydrogens is 350 g/mol. The van der Waals surface area contributed by atoms with Crippen molar-refractivity contribution in [2.75, 3.05) is 26.7 Å². The van der Waals surface area contributed by atoms with E-state index in [2.05, 4.69) is 10.5 Å². The molecule has 8 heteroatoms. The molecule has 0 unspecified atom stereocenters. The highest BCUT2D eigenvalue weighted by Gasteiger charge is 2.31. The predicted octanol–water partition coefficient (Wildman–Crippen LogP) is 2.38. The van der Waals surface area contributed by atoms with Gasteiger partial charge in [0.1, 0.15) is 0 Å². The topological polar surface area (TPSA) is 75.4 Å². The van der Waals surface area contributed by atoms with Gasteiger partial charge in [-0.2, -0.15) is 4.31 Å². The van der Waals surface area contributed by atoms with Crippen LogP contribution in [0.1, 0.15) is 12.8 Å². The van der Waals surface area contributed by atoms with Gasteiger partial charge in [-0.1, -0.05) is 17.3 Å². The first-order valence-corrected chi connectivity index (χ1v) is 9.22. The Morgan fingerprint density at radius 2 is 1.96 bits per heavy atom. The third kappa shape index (κ3) is 3.80. The first kappa shape index (κ1) is 18.9. The summed E-state index contributed by atoms with van der Waals surface area (Å²) in [5, 5.41) is 6.84. The van der Waals surface area contributed by atoms with Crippen molar-refractivity contribution in [3.05, 3.63) is 36.5 Å². The SMILES string of the molecule is CNCC1CCN(S(=O)(=O)c2ccccc2-c2ccno2)CC1.Cl. The fraction of sp³-hybridized carbons (Fsp3) is 0.438. The van der Waals surface area contributed by atoms with Crippen LogP contribution in [0.2, 0.25) is 0 Å². The van der Waals surface area contributed by atoms with E-state index in [-0.39, 0.29) is 17.3 Å². The second-order valence-electron chi connectivity index (χ2n) is 5.78. The number of aromatic nitrogens is 1. The average molecular weight is 372 g/mol. The number of sulfonamides is 1. The smallest absolute Gasteiger partial charge is 0.243 e. The summed E-state index contributed by atoms with van der Waals surface area (Å²) >= 11 is 0. The normalized spacial score (nSPS) is 16.7. The van der Waals surface area contributed by atoms with Crippen molar-refractivity contribution in [1.29, 1.82) is 0 Å². The summed E-state index contributed by atoms with van der Waals surface area (Å²) in [4.78, 5) is 0.281. The van der Waals surface area contributed by atoms with Gasteiger partial charge in [-0.15, -0.1) is 12.4 Å². The zero-order valence-electron chi connectivity index (χ0n) is 13.5. The molecule has 1 aliphatic heterocycles. The van der Waals surface area contributed by atoms with E-state index >= 15 is 0 Å². The molecule has 1 aromatic heterocycles. The van der Waals surface area contributed by atoms with Crippen LogP contribution in [0.5, 0.6) is 0 Å². The lowest BCUT2D eigenvalue weighted by Crippen LogP contribution is -2.40. The summed E-state index contributed by atoms with van der Waals surface area (Å²) in [6.45, 7) is 2.04. The summed E-state index contributed by atoms with van der Waals surface area (Å²) in [6.07, 6.45) is 3.27. The van der Waals surface area contributed by atoms with Crippen LogP contribution in [-0.2, 0) is 10.0 Å². The zero-order valence-corrected chi connectivity index (χ0v) is 15.1. The Labute approximate surface area is 148 Å². The molecule has 132 valence electrons. The maximum atomic E-state index is 13.0. The number of nitrogens with one attached hydrogen (secondary N) is 1. The lowest BCUT2D eigenvalue weighted by atomic mass is 9.98. The fourth-order valence-electron chi connectivity index (χ4n) is 3.03. The van der Waals surface area contributed by atoms with Gasteiger partial charge in [0.25, 0.3) is 0 Å². The first-order chi connectivity index (χ1) is 11.1. The van der Waals surface area contributed by atoms with Crippen molar-refractivity contribution in [1.82, 2.24) is 14.8 Å². The minimum atomic E-state index is -3.53. The Morgan fingerprint density at radius 3 is 2.58 bits per heavy atom. The molecule has 1 aliphatic rings. The number of rotatable bonds is 5. The maximum Gasteiger partial charge on any atom is 0.243 e. The molecule has 1 N–H and O–H groups in total. The molecule has 0 amide bonds. The minimum absolute atomic E-state index is 0. The van der Waals surface area contributed by atoms with Crippen LogP contribution in [0.3, 0.4) is 0 Å². The molecule has 2 heterocycles. The third-order valence-electron chi connectivity index (χ3n) is 4.27. The molecule has 0 bridgehead atoms. The van der Waals surface area contributed by atoms with Crippen LogP contribution in [0.4, 0.5) is 0 Å². The molecule has 1 fully saturated rings. The predicted molar refractivity (Wildman–Crippen MR) is 94.6 cm³/mol. The minimum Gasteiger partial charge on any atom is -0.356 e. The molecule has 1 saturated heterocycles. The maximum absolute atomic E-state index is 13.0. The Morgan fingerprint density at radius 1 is 1.25 bits per heavy atom. The highest BCUT2D eigenvalue weighted by atomic mass is 35.5. The lowest BCUT2D eigenvalue weighted by Gasteiger charge is -2.31. The first-order valence-electron chi connectivity index (χ1n) is 7.78. The molecule has 0 radical (unpaired) electrons. The quantitative estimate of drug-likeness (QED) is 0.873. The molecule has 0 saturated carbocycles. The molecule has 24 heavy (non-hydrogen) atoms. The van der Waals surface area contributed by atoms with Gasteiger partial charge in [-0.3, -0.25) is 0 Å². The summed E-state index contributed by atoms with van der Waals surface area (Å²) < 4.78 is 32.8. The van der Waals surface area contributed by atoms with Gasteiger partial charge < -0.3 is 9.84 Å². The molecule has 6 nitrogen and oxygen atoms in total. The van der Waals surface area contributed by atoms with E-state index in [9.17, 15) is 8.42 Å². The second-order valence-corrected chi connectivity index (χ2v) is 7.68. The van der Waals surface area contributed by atoms with Crippen LogP contribution >= 0.6 is 12.4 Å². The lowest BCUT2D eigenvalue weighted by molar-refractivity contribution is 0.270. The summed E-state index contributed by atoms with van der Waals surface area (Å²) in [5.41, 5.74) is 0.558. The molecule has 2 aromatic rings. The van der Waals surface area contributed by atoms with Crippen molar-refractivity contribution < 1.29 is 12.9 Å². The molecule has 1 aromatic carbocycles. The van der Waals surface area contributed by atoms with Crippen molar-refractivity contribution in [3.8, 4) is 11.3 Å². The van der Waals surface area contributed by atoms with Gasteiger partial charge in [0, 0.05) is 24.7 Å². The molecule has 0 atom stereocenters. The summed E-state index contributed by atoms with van der Waals surface area (Å²) in [6, 6.07) is 8.60. The van der Waals surface area contributed by atoms with Gasteiger partial charge in [-0.05, 0) is 44.5 Å². The number of nitrogens with zero attached hydrogens (tertiary/aromatic N) is 2. The van der Waals surface area contributed by atoms with E-state index in [0.717, 1.165) is 19.4 Å². The standard InChI is InChI=1S/C16H21N3O3S.ClH/c1-17-12-13-7-10-19(11-8-13)23(20,21)16-5-3-2-4-14(16)15-6-9-18-22-15;/h2-6,9,13,17H,7-8,10-12H2,1H3;1H. The number of hydrogen-bond acceptors (Lipinski definition) is 5. The largest absolute Gasteiger partial charge is 0.356 e. The van der Waals surface area contributed by atoms with Crippen LogP contribution in [-0.4, -0.2) is 44.6 Å². The number of piperidine rings is 1. The van der Waals surface area contributed by atoms with Crippen LogP contribution in [0, 0.1) is 5.92 Å². The van der Waals surface area contributed by atoms with Crippen molar-refractivity contribution in [2.45, 2.75) is 17.7 Å². The number of halogens is 1. The van der Waals surface area contributed by atoms with Gasteiger partial charge in [0.15, 0.2) is 5.76 Å². The number of hydrogen-bond donors (Lipinski definition) is 1. The Balaban J connectivity index is 0.00000208. The monoisotopic (exact) mass is 371 g/mol. The summed E-state index contributed by atoms with van der Waals surface area (Å²) in [7, 11) is -1.60. The highest BCUT2D eigenvalue weighted by molar-refractivity contribution is 7.89. The Kier molecular flexibility index (Phi) is 6.40. The Hall–Kier alpha value is -1.41. The summed E-state index contributed by atoms with van der Waals surface area (Å²) in [5.74, 6) is 1.00. The van der Waals surface area contributed by atoms with Gasteiger partial charge in [0.05, 0.1) is 11.1 Å². The third-order valence-corrected chi connectivity index (χ3v) is 6.23. The van der Waals surface area contributed by atoms with E-state index in [0.29, 0.717) is 30.3 Å². The average Bonchev–Trinajstić information content (AvgIpc) is 3.10. The molecular formula is C16H22ClN3O3S. The van der Waals surface area contributed by atoms with Crippen LogP contribution < -0.4 is 5.32 Å². The van der Waals surface area contributed by atoms with Crippen LogP contribution in [0.15, 0.2) is 45.9 Å². The number of benzene rings is 1. The highest BCUT2D eigenvalue weighted by Crippen LogP contribution is 2.31. The van der Waals surface area contributed by atoms with E-state index in [1.165, 1.54) is 6.20 Å². The van der Waals surface area contributed by atoms with Gasteiger partial charge in [-0.25, -0.2) is 8.42 Å². The van der Waals surface area contributed by atoms with Crippen molar-refractivity contribution >= 4 is 22.4 Å². The molecule has 0 aliphatic carbocycles. The van der Waals surface area contributed by atoms with Gasteiger partial charge >= 0.3 is 0 Å². The van der Waals surface area contributed by atoms with Crippen molar-refractivity contribution in [2.24, 2.45) is 5.92 Å². The van der Waals surface area contributed by atoms with Crippen LogP contribution in [0.25, 0.3) is 11.3 Å². The van der Waals surface area contributed by atoms with E-state index in [4.69, 9.17) is 4.52 Å². The zero-order chi connectivity index (χ0) is 16.3. The second kappa shape index (κ2) is 8.11. The van der Waals surface area contributed by atoms with E-state index < -0.39 is 10.0 Å². The Bertz CT molecular complexity index is 742. The molecule has 0 spiro atoms. The van der Waals surface area contributed by atoms with E-state index in [1.54, 1.807) is 34.6 Å². The van der Waals surface area contributed by atoms with E-state index in [1.807, 2.05) is 7.05 Å². The van der Waals surface area contributed by atoms with Crippen molar-refractivity contribution in [3.63, 3.8) is 0 Å². The fourth-order valence-corrected chi connectivity index (χ4v) is 4.70. The van der Waals surface area contributed by atoms with Gasteiger partial charge in [0.2, 0.25) is 10.0 Å². The molecule has 3 rings (SSSR count).